The maximum absolute atomic E-state index is 12.8. The highest BCUT2D eigenvalue weighted by atomic mass is 16.5. The molecule has 1 aromatic carbocycles. The Kier molecular flexibility index (Phi) is 7.21. The maximum atomic E-state index is 12.8. The Morgan fingerprint density at radius 2 is 2.09 bits per heavy atom. The van der Waals surface area contributed by atoms with Crippen molar-refractivity contribution >= 4 is 30.1 Å². The zero-order valence-corrected chi connectivity index (χ0v) is 20.0. The van der Waals surface area contributed by atoms with Gasteiger partial charge in [-0.15, -0.1) is 0 Å². The molecule has 0 bridgehead atoms. The van der Waals surface area contributed by atoms with Gasteiger partial charge in [-0.25, -0.2) is 9.97 Å². The molecule has 1 fully saturated rings. The number of nitrogens with one attached hydrogen (secondary N) is 2. The molecule has 0 radical (unpaired) electrons. The molecule has 1 saturated carbocycles. The van der Waals surface area contributed by atoms with E-state index in [2.05, 4.69) is 39.1 Å². The summed E-state index contributed by atoms with van der Waals surface area (Å²) >= 11 is 0. The second-order valence-corrected chi connectivity index (χ2v) is 8.75. The van der Waals surface area contributed by atoms with E-state index < -0.39 is 0 Å². The average molecular weight is 458 g/mol. The van der Waals surface area contributed by atoms with E-state index in [9.17, 15) is 4.79 Å². The van der Waals surface area contributed by atoms with Crippen LogP contribution in [0.4, 0.5) is 11.5 Å². The van der Waals surface area contributed by atoms with Crippen molar-refractivity contribution < 1.29 is 9.53 Å². The van der Waals surface area contributed by atoms with Crippen LogP contribution in [0.3, 0.4) is 0 Å². The Morgan fingerprint density at radius 3 is 2.79 bits per heavy atom. The van der Waals surface area contributed by atoms with Gasteiger partial charge < -0.3 is 15.4 Å². The molecule has 176 valence electrons. The largest absolute Gasteiger partial charge is 0.477 e. The van der Waals surface area contributed by atoms with Crippen LogP contribution in [0.15, 0.2) is 42.7 Å². The Morgan fingerprint density at radius 1 is 1.26 bits per heavy atom. The molecule has 1 aliphatic rings. The minimum absolute atomic E-state index is 0.0432. The molecule has 1 amide bonds. The van der Waals surface area contributed by atoms with Gasteiger partial charge in [0.15, 0.2) is 0 Å². The van der Waals surface area contributed by atoms with Crippen LogP contribution in [0.25, 0.3) is 12.7 Å². The summed E-state index contributed by atoms with van der Waals surface area (Å²) in [5.41, 5.74) is 3.07. The quantitative estimate of drug-likeness (QED) is 0.505. The van der Waals surface area contributed by atoms with Crippen LogP contribution in [-0.2, 0) is 0 Å². The molecule has 3 aromatic rings. The van der Waals surface area contributed by atoms with Crippen LogP contribution in [0.5, 0.6) is 5.88 Å². The first-order valence-corrected chi connectivity index (χ1v) is 11.7. The molecule has 1 aliphatic carbocycles. The van der Waals surface area contributed by atoms with Crippen LogP contribution in [0, 0.1) is 12.8 Å². The van der Waals surface area contributed by atoms with E-state index in [4.69, 9.17) is 4.74 Å². The topological polar surface area (TPSA) is 89.0 Å². The molecule has 1 unspecified atom stereocenters. The van der Waals surface area contributed by atoms with E-state index in [0.29, 0.717) is 40.8 Å². The standard InChI is InChI=1S/C27H31N5O2/c1-5-7-24-19(4)31-25(15-28-24)30-18(3)21-8-6-9-23(13-21)32-26(33)22-12-17(2)27(29-14-22)34-16-20-10-11-20/h6-9,12-15,18,20H,4-5,10-11,16H2,1-3H3,(H,30,31)(H,32,33)/b24-7+. The van der Waals surface area contributed by atoms with E-state index in [0.717, 1.165) is 22.9 Å². The van der Waals surface area contributed by atoms with E-state index in [-0.39, 0.29) is 11.9 Å². The number of carbonyl (C=O) groups is 1. The molecular formula is C27H31N5O2. The van der Waals surface area contributed by atoms with Crippen molar-refractivity contribution in [2.75, 3.05) is 17.2 Å². The highest BCUT2D eigenvalue weighted by Gasteiger charge is 2.22. The minimum Gasteiger partial charge on any atom is -0.477 e. The van der Waals surface area contributed by atoms with Crippen molar-refractivity contribution in [2.45, 2.75) is 46.1 Å². The molecule has 2 N–H and O–H groups in total. The number of hydrogen-bond donors (Lipinski definition) is 2. The molecule has 34 heavy (non-hydrogen) atoms. The van der Waals surface area contributed by atoms with E-state index in [1.807, 2.05) is 50.3 Å². The fourth-order valence-corrected chi connectivity index (χ4v) is 3.58. The van der Waals surface area contributed by atoms with Gasteiger partial charge in [0.05, 0.1) is 35.1 Å². The van der Waals surface area contributed by atoms with Gasteiger partial charge in [-0.05, 0) is 62.8 Å². The second kappa shape index (κ2) is 10.5. The average Bonchev–Trinajstić information content (AvgIpc) is 3.65. The van der Waals surface area contributed by atoms with Gasteiger partial charge in [0.2, 0.25) is 5.88 Å². The lowest BCUT2D eigenvalue weighted by molar-refractivity contribution is 0.102. The summed E-state index contributed by atoms with van der Waals surface area (Å²) in [7, 11) is 0. The first-order valence-electron chi connectivity index (χ1n) is 11.7. The normalized spacial score (nSPS) is 14.5. The van der Waals surface area contributed by atoms with Gasteiger partial charge in [-0.3, -0.25) is 9.78 Å². The summed E-state index contributed by atoms with van der Waals surface area (Å²) in [6, 6.07) is 9.50. The smallest absolute Gasteiger partial charge is 0.257 e. The fraction of sp³-hybridized carbons (Fsp3) is 0.333. The summed E-state index contributed by atoms with van der Waals surface area (Å²) in [6.07, 6.45) is 8.61. The molecule has 2 heterocycles. The van der Waals surface area contributed by atoms with Crippen molar-refractivity contribution in [1.82, 2.24) is 15.0 Å². The Labute approximate surface area is 200 Å². The van der Waals surface area contributed by atoms with Gasteiger partial charge in [0.25, 0.3) is 5.91 Å². The van der Waals surface area contributed by atoms with E-state index in [1.165, 1.54) is 12.8 Å². The first-order chi connectivity index (χ1) is 16.4. The van der Waals surface area contributed by atoms with E-state index in [1.54, 1.807) is 12.4 Å². The number of carbonyl (C=O) groups excluding carboxylic acids is 1. The third-order valence-corrected chi connectivity index (χ3v) is 5.73. The molecule has 0 saturated heterocycles. The Hall–Kier alpha value is -3.74. The number of rotatable bonds is 9. The lowest BCUT2D eigenvalue weighted by Gasteiger charge is -2.16. The van der Waals surface area contributed by atoms with E-state index >= 15 is 0 Å². The number of aryl methyl sites for hydroxylation is 1. The third kappa shape index (κ3) is 5.98. The summed E-state index contributed by atoms with van der Waals surface area (Å²) in [6.45, 7) is 10.7. The highest BCUT2D eigenvalue weighted by Crippen LogP contribution is 2.30. The molecular weight excluding hydrogens is 426 g/mol. The number of hydrogen-bond acceptors (Lipinski definition) is 6. The predicted octanol–water partition coefficient (Wildman–Crippen LogP) is 4.00. The summed E-state index contributed by atoms with van der Waals surface area (Å²) in [4.78, 5) is 26.1. The molecule has 0 aliphatic heterocycles. The van der Waals surface area contributed by atoms with Gasteiger partial charge in [0.1, 0.15) is 5.82 Å². The van der Waals surface area contributed by atoms with Gasteiger partial charge in [0, 0.05) is 17.4 Å². The molecule has 4 rings (SSSR count). The fourth-order valence-electron chi connectivity index (χ4n) is 3.58. The zero-order chi connectivity index (χ0) is 24.1. The number of amides is 1. The SMILES string of the molecule is C=c1nc(NC(C)c2cccc(NC(=O)c3cnc(OCC4CC4)c(C)c3)c2)cn/c1=C/CC. The maximum Gasteiger partial charge on any atom is 0.257 e. The molecule has 1 atom stereocenters. The van der Waals surface area contributed by atoms with Crippen molar-refractivity contribution in [2.24, 2.45) is 5.92 Å². The van der Waals surface area contributed by atoms with Crippen LogP contribution >= 0.6 is 0 Å². The van der Waals surface area contributed by atoms with Crippen LogP contribution in [0.1, 0.15) is 60.6 Å². The number of anilines is 2. The number of ether oxygens (including phenoxy) is 1. The predicted molar refractivity (Wildman–Crippen MR) is 135 cm³/mol. The molecule has 2 aromatic heterocycles. The molecule has 7 heteroatoms. The number of aromatic nitrogens is 3. The minimum atomic E-state index is -0.211. The van der Waals surface area contributed by atoms with Crippen molar-refractivity contribution in [1.29, 1.82) is 0 Å². The van der Waals surface area contributed by atoms with Crippen LogP contribution < -0.4 is 26.1 Å². The first kappa shape index (κ1) is 23.4. The van der Waals surface area contributed by atoms with Crippen LogP contribution in [0.2, 0.25) is 0 Å². The highest BCUT2D eigenvalue weighted by molar-refractivity contribution is 6.04. The number of nitrogens with zero attached hydrogens (tertiary/aromatic N) is 3. The number of benzene rings is 1. The van der Waals surface area contributed by atoms with Crippen molar-refractivity contribution in [3.63, 3.8) is 0 Å². The summed E-state index contributed by atoms with van der Waals surface area (Å²) in [5, 5.41) is 7.77. The van der Waals surface area contributed by atoms with Crippen molar-refractivity contribution in [3.8, 4) is 5.88 Å². The van der Waals surface area contributed by atoms with Gasteiger partial charge in [-0.1, -0.05) is 31.7 Å². The van der Waals surface area contributed by atoms with Crippen molar-refractivity contribution in [3.05, 3.63) is 70.1 Å². The Balaban J connectivity index is 1.41. The molecule has 7 nitrogen and oxygen atoms in total. The monoisotopic (exact) mass is 457 g/mol. The summed E-state index contributed by atoms with van der Waals surface area (Å²) < 4.78 is 5.77. The Bertz CT molecular complexity index is 1290. The third-order valence-electron chi connectivity index (χ3n) is 5.73. The lowest BCUT2D eigenvalue weighted by atomic mass is 10.1. The zero-order valence-electron chi connectivity index (χ0n) is 20.0. The second-order valence-electron chi connectivity index (χ2n) is 8.75. The number of pyridine rings is 1. The van der Waals surface area contributed by atoms with Gasteiger partial charge >= 0.3 is 0 Å². The summed E-state index contributed by atoms with van der Waals surface area (Å²) in [5.74, 6) is 1.70. The van der Waals surface area contributed by atoms with Gasteiger partial charge in [-0.2, -0.15) is 0 Å². The van der Waals surface area contributed by atoms with Crippen LogP contribution in [-0.4, -0.2) is 27.5 Å². The molecule has 0 spiro atoms. The lowest BCUT2D eigenvalue weighted by Crippen LogP contribution is -2.30.